The maximum absolute atomic E-state index is 5.99. The van der Waals surface area contributed by atoms with Gasteiger partial charge in [0.25, 0.3) is 0 Å². The van der Waals surface area contributed by atoms with Crippen molar-refractivity contribution >= 4 is 47.1 Å². The highest BCUT2D eigenvalue weighted by molar-refractivity contribution is 7.94. The molecule has 2 rings (SSSR count). The number of rotatable bonds is 4. The Labute approximate surface area is 141 Å². The first-order chi connectivity index (χ1) is 10.8. The minimum Gasteiger partial charge on any atom is -0.397 e. The quantitative estimate of drug-likeness (QED) is 0.298. The molecule has 23 heavy (non-hydrogen) atoms. The number of aliphatic imine (C=N–C) groups is 2. The van der Waals surface area contributed by atoms with E-state index in [2.05, 4.69) is 58.9 Å². The lowest BCUT2D eigenvalue weighted by molar-refractivity contribution is 0.567. The Bertz CT molecular complexity index is 740. The highest BCUT2D eigenvalue weighted by Gasteiger charge is 2.16. The van der Waals surface area contributed by atoms with Gasteiger partial charge in [-0.05, 0) is 18.2 Å². The molecule has 0 atom stereocenters. The van der Waals surface area contributed by atoms with E-state index in [4.69, 9.17) is 5.73 Å². The van der Waals surface area contributed by atoms with E-state index in [1.165, 1.54) is 5.55 Å². The van der Waals surface area contributed by atoms with E-state index in [0.717, 1.165) is 22.8 Å². The van der Waals surface area contributed by atoms with Crippen LogP contribution in [0.5, 0.6) is 0 Å². The van der Waals surface area contributed by atoms with Gasteiger partial charge in [0.1, 0.15) is 5.69 Å². The molecule has 4 N–H and O–H groups in total. The summed E-state index contributed by atoms with van der Waals surface area (Å²) in [6.45, 7) is 6.38. The van der Waals surface area contributed by atoms with Gasteiger partial charge in [0.05, 0.1) is 34.5 Å². The third kappa shape index (κ3) is 4.13. The largest absolute Gasteiger partial charge is 0.397 e. The van der Waals surface area contributed by atoms with Crippen molar-refractivity contribution in [2.45, 2.75) is 26.2 Å². The van der Waals surface area contributed by atoms with Crippen LogP contribution in [0.1, 0.15) is 32.2 Å². The van der Waals surface area contributed by atoms with E-state index < -0.39 is 0 Å². The SMILES string of the molecule is CNc1cc(/N=C/S)c(N)cc1/N=C/c1cc(C(C)(C)C)[nH]n1. The minimum absolute atomic E-state index is 0.0200. The fourth-order valence-electron chi connectivity index (χ4n) is 2.00. The van der Waals surface area contributed by atoms with Crippen molar-refractivity contribution in [3.8, 4) is 0 Å². The number of nitrogens with one attached hydrogen (secondary N) is 2. The Morgan fingerprint density at radius 3 is 2.52 bits per heavy atom. The van der Waals surface area contributed by atoms with Crippen LogP contribution in [0.25, 0.3) is 0 Å². The van der Waals surface area contributed by atoms with Crippen LogP contribution in [0.15, 0.2) is 28.2 Å². The normalized spacial score (nSPS) is 12.4. The highest BCUT2D eigenvalue weighted by atomic mass is 32.1. The first-order valence-electron chi connectivity index (χ1n) is 7.23. The van der Waals surface area contributed by atoms with Crippen LogP contribution in [0, 0.1) is 0 Å². The van der Waals surface area contributed by atoms with Crippen molar-refractivity contribution < 1.29 is 0 Å². The number of hydrogen-bond donors (Lipinski definition) is 4. The molecule has 0 aliphatic heterocycles. The zero-order valence-electron chi connectivity index (χ0n) is 13.8. The fourth-order valence-corrected chi connectivity index (χ4v) is 2.12. The molecule has 0 unspecified atom stereocenters. The topological polar surface area (TPSA) is 91.5 Å². The molecule has 0 spiro atoms. The molecule has 0 aliphatic carbocycles. The summed E-state index contributed by atoms with van der Waals surface area (Å²) in [5.74, 6) is 0. The van der Waals surface area contributed by atoms with Gasteiger partial charge in [0.2, 0.25) is 0 Å². The van der Waals surface area contributed by atoms with E-state index in [-0.39, 0.29) is 5.41 Å². The first kappa shape index (κ1) is 17.1. The zero-order valence-corrected chi connectivity index (χ0v) is 14.6. The Balaban J connectivity index is 2.32. The molecule has 7 heteroatoms. The van der Waals surface area contributed by atoms with E-state index >= 15 is 0 Å². The monoisotopic (exact) mass is 330 g/mol. The van der Waals surface area contributed by atoms with Gasteiger partial charge in [0, 0.05) is 18.2 Å². The van der Waals surface area contributed by atoms with Crippen molar-refractivity contribution in [2.75, 3.05) is 18.1 Å². The summed E-state index contributed by atoms with van der Waals surface area (Å²) in [6.07, 6.45) is 1.71. The van der Waals surface area contributed by atoms with Gasteiger partial charge in [0.15, 0.2) is 0 Å². The highest BCUT2D eigenvalue weighted by Crippen LogP contribution is 2.34. The van der Waals surface area contributed by atoms with Crippen LogP contribution in [0.3, 0.4) is 0 Å². The lowest BCUT2D eigenvalue weighted by Gasteiger charge is -2.14. The zero-order chi connectivity index (χ0) is 17.0. The number of hydrogen-bond acceptors (Lipinski definition) is 5. The van der Waals surface area contributed by atoms with Crippen molar-refractivity contribution in [1.82, 2.24) is 10.2 Å². The average Bonchev–Trinajstić information content (AvgIpc) is 2.96. The minimum atomic E-state index is 0.0200. The van der Waals surface area contributed by atoms with Crippen LogP contribution in [-0.4, -0.2) is 29.0 Å². The standard InChI is InChI=1S/C16H22N6S/c1-16(2,3)15-5-10(21-22-15)8-19-14-6-11(17)12(20-9-23)7-13(14)18-4/h5-9,18H,17H2,1-4H3,(H,20,23)(H,21,22)/b19-8+. The second-order valence-corrected chi connectivity index (χ2v) is 6.37. The Kier molecular flexibility index (Phi) is 5.10. The summed E-state index contributed by atoms with van der Waals surface area (Å²) in [6, 6.07) is 5.60. The van der Waals surface area contributed by atoms with Gasteiger partial charge in [-0.2, -0.15) is 5.10 Å². The van der Waals surface area contributed by atoms with E-state index in [9.17, 15) is 0 Å². The third-order valence-electron chi connectivity index (χ3n) is 3.35. The number of thiol groups is 1. The number of benzene rings is 1. The average molecular weight is 330 g/mol. The van der Waals surface area contributed by atoms with Crippen LogP contribution < -0.4 is 11.1 Å². The molecule has 2 aromatic rings. The Morgan fingerprint density at radius 1 is 1.22 bits per heavy atom. The molecule has 0 saturated carbocycles. The van der Waals surface area contributed by atoms with Gasteiger partial charge < -0.3 is 11.1 Å². The molecule has 0 bridgehead atoms. The number of nitrogen functional groups attached to an aromatic ring is 1. The first-order valence-corrected chi connectivity index (χ1v) is 7.74. The molecule has 0 fully saturated rings. The third-order valence-corrected chi connectivity index (χ3v) is 3.47. The molecule has 122 valence electrons. The lowest BCUT2D eigenvalue weighted by atomic mass is 9.92. The second kappa shape index (κ2) is 6.87. The predicted molar refractivity (Wildman–Crippen MR) is 102 cm³/mol. The number of nitrogens with zero attached hydrogens (tertiary/aromatic N) is 3. The molecule has 0 saturated heterocycles. The summed E-state index contributed by atoms with van der Waals surface area (Å²) in [5.41, 5.74) is 12.0. The molecular weight excluding hydrogens is 308 g/mol. The Morgan fingerprint density at radius 2 is 1.96 bits per heavy atom. The van der Waals surface area contributed by atoms with Crippen LogP contribution in [0.2, 0.25) is 0 Å². The smallest absolute Gasteiger partial charge is 0.103 e. The molecule has 6 nitrogen and oxygen atoms in total. The summed E-state index contributed by atoms with van der Waals surface area (Å²) in [7, 11) is 1.82. The van der Waals surface area contributed by atoms with Gasteiger partial charge in [-0.15, -0.1) is 12.6 Å². The van der Waals surface area contributed by atoms with Crippen LogP contribution >= 0.6 is 12.6 Å². The number of aromatic amines is 1. The molecule has 1 heterocycles. The van der Waals surface area contributed by atoms with E-state index in [0.29, 0.717) is 11.4 Å². The number of anilines is 2. The van der Waals surface area contributed by atoms with Crippen molar-refractivity contribution in [2.24, 2.45) is 9.98 Å². The van der Waals surface area contributed by atoms with Gasteiger partial charge in [-0.1, -0.05) is 20.8 Å². The predicted octanol–water partition coefficient (Wildman–Crippen LogP) is 3.67. The second-order valence-electron chi connectivity index (χ2n) is 6.14. The van der Waals surface area contributed by atoms with Crippen LogP contribution in [-0.2, 0) is 5.41 Å². The van der Waals surface area contributed by atoms with Crippen molar-refractivity contribution in [1.29, 1.82) is 0 Å². The molecule has 0 amide bonds. The van der Waals surface area contributed by atoms with Gasteiger partial charge in [-0.25, -0.2) is 4.99 Å². The van der Waals surface area contributed by atoms with E-state index in [1.807, 2.05) is 19.2 Å². The van der Waals surface area contributed by atoms with Gasteiger partial charge >= 0.3 is 0 Å². The van der Waals surface area contributed by atoms with Gasteiger partial charge in [-0.3, -0.25) is 10.1 Å². The van der Waals surface area contributed by atoms with E-state index in [1.54, 1.807) is 12.3 Å². The fraction of sp³-hybridized carbons (Fsp3) is 0.312. The Hall–Kier alpha value is -2.28. The van der Waals surface area contributed by atoms with Crippen molar-refractivity contribution in [3.05, 3.63) is 29.6 Å². The summed E-state index contributed by atoms with van der Waals surface area (Å²) >= 11 is 3.97. The maximum atomic E-state index is 5.99. The summed E-state index contributed by atoms with van der Waals surface area (Å²) < 4.78 is 0. The molecule has 1 aromatic heterocycles. The number of nitrogens with two attached hydrogens (primary N) is 1. The van der Waals surface area contributed by atoms with Crippen LogP contribution in [0.4, 0.5) is 22.7 Å². The maximum Gasteiger partial charge on any atom is 0.103 e. The molecular formula is C16H22N6S. The van der Waals surface area contributed by atoms with Crippen molar-refractivity contribution in [3.63, 3.8) is 0 Å². The molecule has 1 aromatic carbocycles. The lowest BCUT2D eigenvalue weighted by Crippen LogP contribution is -2.11. The molecule has 0 radical (unpaired) electrons. The summed E-state index contributed by atoms with van der Waals surface area (Å²) in [4.78, 5) is 8.59. The summed E-state index contributed by atoms with van der Waals surface area (Å²) in [5, 5.41) is 10.4. The number of aromatic nitrogens is 2. The number of H-pyrrole nitrogens is 1. The molecule has 0 aliphatic rings.